The van der Waals surface area contributed by atoms with E-state index in [-0.39, 0.29) is 28.3 Å². The summed E-state index contributed by atoms with van der Waals surface area (Å²) in [7, 11) is -3.75. The molecule has 0 radical (unpaired) electrons. The third-order valence-electron chi connectivity index (χ3n) is 3.94. The number of sulfonamides is 1. The standard InChI is InChI=1S/C15H25FN2O2S/c1-10(15(3,4)5)9-18-21(19,20)14-7-12(8-17)6-13(16)11(14)2/h6-7,10,18H,8-9,17H2,1-5H3. The van der Waals surface area contributed by atoms with Gasteiger partial charge in [-0.2, -0.15) is 0 Å². The van der Waals surface area contributed by atoms with Crippen LogP contribution in [0.3, 0.4) is 0 Å². The Kier molecular flexibility index (Phi) is 5.52. The van der Waals surface area contributed by atoms with E-state index in [9.17, 15) is 12.8 Å². The summed E-state index contributed by atoms with van der Waals surface area (Å²) in [6.45, 7) is 9.98. The molecule has 0 aromatic heterocycles. The second-order valence-corrected chi connectivity index (χ2v) is 8.26. The van der Waals surface area contributed by atoms with E-state index >= 15 is 0 Å². The zero-order valence-corrected chi connectivity index (χ0v) is 14.1. The highest BCUT2D eigenvalue weighted by Crippen LogP contribution is 2.26. The van der Waals surface area contributed by atoms with Gasteiger partial charge in [-0.15, -0.1) is 0 Å². The largest absolute Gasteiger partial charge is 0.326 e. The maximum Gasteiger partial charge on any atom is 0.240 e. The zero-order chi connectivity index (χ0) is 16.4. The monoisotopic (exact) mass is 316 g/mol. The van der Waals surface area contributed by atoms with Crippen LogP contribution in [0.15, 0.2) is 17.0 Å². The molecule has 1 aromatic rings. The highest BCUT2D eigenvalue weighted by molar-refractivity contribution is 7.89. The van der Waals surface area contributed by atoms with Crippen molar-refractivity contribution in [2.45, 2.75) is 46.1 Å². The molecule has 0 heterocycles. The van der Waals surface area contributed by atoms with Crippen LogP contribution in [-0.2, 0) is 16.6 Å². The number of nitrogens with one attached hydrogen (secondary N) is 1. The highest BCUT2D eigenvalue weighted by atomic mass is 32.2. The molecule has 0 saturated heterocycles. The first-order valence-electron chi connectivity index (χ1n) is 6.97. The molecule has 0 spiro atoms. The Labute approximate surface area is 127 Å². The van der Waals surface area contributed by atoms with Crippen LogP contribution in [0.4, 0.5) is 4.39 Å². The molecule has 1 atom stereocenters. The van der Waals surface area contributed by atoms with Gasteiger partial charge in [-0.05, 0) is 36.0 Å². The predicted octanol–water partition coefficient (Wildman–Crippen LogP) is 2.55. The number of hydrogen-bond acceptors (Lipinski definition) is 3. The van der Waals surface area contributed by atoms with Crippen molar-refractivity contribution in [1.82, 2.24) is 4.72 Å². The van der Waals surface area contributed by atoms with Gasteiger partial charge in [0, 0.05) is 18.7 Å². The molecule has 120 valence electrons. The summed E-state index contributed by atoms with van der Waals surface area (Å²) in [5, 5.41) is 0. The Balaban J connectivity index is 3.06. The van der Waals surface area contributed by atoms with E-state index in [4.69, 9.17) is 5.73 Å². The minimum Gasteiger partial charge on any atom is -0.326 e. The van der Waals surface area contributed by atoms with Crippen molar-refractivity contribution in [3.05, 3.63) is 29.1 Å². The van der Waals surface area contributed by atoms with Crippen LogP contribution in [0.2, 0.25) is 0 Å². The van der Waals surface area contributed by atoms with Crippen LogP contribution in [0.25, 0.3) is 0 Å². The summed E-state index contributed by atoms with van der Waals surface area (Å²) in [5.41, 5.74) is 6.04. The Hall–Kier alpha value is -0.980. The maximum absolute atomic E-state index is 13.8. The van der Waals surface area contributed by atoms with Crippen LogP contribution < -0.4 is 10.5 Å². The number of hydrogen-bond donors (Lipinski definition) is 2. The van der Waals surface area contributed by atoms with E-state index in [1.165, 1.54) is 19.1 Å². The van der Waals surface area contributed by atoms with Gasteiger partial charge in [-0.1, -0.05) is 27.7 Å². The normalized spacial score (nSPS) is 14.2. The average Bonchev–Trinajstić information content (AvgIpc) is 2.37. The van der Waals surface area contributed by atoms with Gasteiger partial charge in [0.25, 0.3) is 0 Å². The summed E-state index contributed by atoms with van der Waals surface area (Å²) >= 11 is 0. The molecule has 0 amide bonds. The first-order chi connectivity index (χ1) is 9.49. The van der Waals surface area contributed by atoms with Crippen LogP contribution in [0, 0.1) is 24.1 Å². The van der Waals surface area contributed by atoms with Gasteiger partial charge in [0.05, 0.1) is 4.90 Å². The number of benzene rings is 1. The lowest BCUT2D eigenvalue weighted by molar-refractivity contribution is 0.263. The second-order valence-electron chi connectivity index (χ2n) is 6.52. The quantitative estimate of drug-likeness (QED) is 0.877. The van der Waals surface area contributed by atoms with E-state index in [0.29, 0.717) is 12.1 Å². The summed E-state index contributed by atoms with van der Waals surface area (Å²) < 4.78 is 41.1. The van der Waals surface area contributed by atoms with Crippen LogP contribution >= 0.6 is 0 Å². The summed E-state index contributed by atoms with van der Waals surface area (Å²) in [6, 6.07) is 2.70. The molecule has 21 heavy (non-hydrogen) atoms. The molecule has 1 rings (SSSR count). The summed E-state index contributed by atoms with van der Waals surface area (Å²) in [4.78, 5) is -0.0379. The lowest BCUT2D eigenvalue weighted by Gasteiger charge is -2.27. The molecule has 3 N–H and O–H groups in total. The molecule has 0 aliphatic rings. The van der Waals surface area contributed by atoms with Gasteiger partial charge >= 0.3 is 0 Å². The van der Waals surface area contributed by atoms with Crippen molar-refractivity contribution in [2.24, 2.45) is 17.1 Å². The third kappa shape index (κ3) is 4.49. The van der Waals surface area contributed by atoms with Crippen LogP contribution in [0.1, 0.15) is 38.8 Å². The smallest absolute Gasteiger partial charge is 0.240 e. The predicted molar refractivity (Wildman–Crippen MR) is 82.8 cm³/mol. The summed E-state index contributed by atoms with van der Waals surface area (Å²) in [6.07, 6.45) is 0. The molecule has 0 saturated carbocycles. The first-order valence-corrected chi connectivity index (χ1v) is 8.46. The second kappa shape index (κ2) is 6.42. The molecule has 1 unspecified atom stereocenters. The molecule has 0 bridgehead atoms. The van der Waals surface area contributed by atoms with E-state index < -0.39 is 15.8 Å². The molecule has 6 heteroatoms. The van der Waals surface area contributed by atoms with E-state index in [2.05, 4.69) is 4.72 Å². The van der Waals surface area contributed by atoms with Crippen molar-refractivity contribution < 1.29 is 12.8 Å². The van der Waals surface area contributed by atoms with Crippen LogP contribution in [-0.4, -0.2) is 15.0 Å². The SMILES string of the molecule is Cc1c(F)cc(CN)cc1S(=O)(=O)NCC(C)C(C)(C)C. The topological polar surface area (TPSA) is 72.2 Å². The number of halogens is 1. The fourth-order valence-corrected chi connectivity index (χ4v) is 3.15. The average molecular weight is 316 g/mol. The molecular formula is C15H25FN2O2S. The fourth-order valence-electron chi connectivity index (χ4n) is 1.72. The Bertz CT molecular complexity index is 607. The minimum atomic E-state index is -3.75. The fraction of sp³-hybridized carbons (Fsp3) is 0.600. The van der Waals surface area contributed by atoms with E-state index in [1.807, 2.05) is 27.7 Å². The zero-order valence-electron chi connectivity index (χ0n) is 13.3. The Morgan fingerprint density at radius 3 is 2.38 bits per heavy atom. The van der Waals surface area contributed by atoms with Gasteiger partial charge in [0.1, 0.15) is 5.82 Å². The molecule has 1 aromatic carbocycles. The van der Waals surface area contributed by atoms with Gasteiger partial charge in [-0.25, -0.2) is 17.5 Å². The van der Waals surface area contributed by atoms with Crippen molar-refractivity contribution in [1.29, 1.82) is 0 Å². The lowest BCUT2D eigenvalue weighted by Crippen LogP contribution is -2.34. The van der Waals surface area contributed by atoms with Gasteiger partial charge < -0.3 is 5.73 Å². The molecule has 0 aliphatic heterocycles. The molecule has 0 aliphatic carbocycles. The Morgan fingerprint density at radius 2 is 1.90 bits per heavy atom. The van der Waals surface area contributed by atoms with Gasteiger partial charge in [0.2, 0.25) is 10.0 Å². The number of rotatable bonds is 5. The first kappa shape index (κ1) is 18.1. The molecule has 0 fully saturated rings. The van der Waals surface area contributed by atoms with Crippen molar-refractivity contribution in [3.63, 3.8) is 0 Å². The molecular weight excluding hydrogens is 291 g/mol. The van der Waals surface area contributed by atoms with Crippen molar-refractivity contribution in [3.8, 4) is 0 Å². The number of nitrogens with two attached hydrogens (primary N) is 1. The van der Waals surface area contributed by atoms with E-state index in [1.54, 1.807) is 0 Å². The van der Waals surface area contributed by atoms with Gasteiger partial charge in [0.15, 0.2) is 0 Å². The summed E-state index contributed by atoms with van der Waals surface area (Å²) in [5.74, 6) is -0.405. The maximum atomic E-state index is 13.8. The minimum absolute atomic E-state index is 0.0120. The van der Waals surface area contributed by atoms with Crippen LogP contribution in [0.5, 0.6) is 0 Å². The molecule has 4 nitrogen and oxygen atoms in total. The van der Waals surface area contributed by atoms with Crippen molar-refractivity contribution >= 4 is 10.0 Å². The third-order valence-corrected chi connectivity index (χ3v) is 5.49. The Morgan fingerprint density at radius 1 is 1.33 bits per heavy atom. The van der Waals surface area contributed by atoms with E-state index in [0.717, 1.165) is 0 Å². The lowest BCUT2D eigenvalue weighted by atomic mass is 9.82. The highest BCUT2D eigenvalue weighted by Gasteiger charge is 2.24. The van der Waals surface area contributed by atoms with Gasteiger partial charge in [-0.3, -0.25) is 0 Å². The van der Waals surface area contributed by atoms with Crippen molar-refractivity contribution in [2.75, 3.05) is 6.54 Å².